The van der Waals surface area contributed by atoms with E-state index >= 15 is 4.39 Å². The summed E-state index contributed by atoms with van der Waals surface area (Å²) >= 11 is 0. The van der Waals surface area contributed by atoms with Crippen LogP contribution in [0.5, 0.6) is 0 Å². The SMILES string of the molecule is Cc1nc2c(F)cc(-c3nc(Nc4ccc(CN5CCN(C(=O)CCCCCC(=O)NO)CC5)cn4)ncc3F)cc2n1C(C)C. The average molecular weight is 636 g/mol. The first kappa shape index (κ1) is 32.8. The molecule has 14 heteroatoms. The quantitative estimate of drug-likeness (QED) is 0.113. The van der Waals surface area contributed by atoms with Crippen molar-refractivity contribution >= 4 is 34.6 Å². The van der Waals surface area contributed by atoms with E-state index in [4.69, 9.17) is 5.21 Å². The molecule has 1 fully saturated rings. The summed E-state index contributed by atoms with van der Waals surface area (Å²) in [7, 11) is 0. The van der Waals surface area contributed by atoms with Gasteiger partial charge in [-0.1, -0.05) is 12.5 Å². The number of halogens is 2. The molecule has 0 spiro atoms. The predicted octanol–water partition coefficient (Wildman–Crippen LogP) is 4.90. The van der Waals surface area contributed by atoms with Gasteiger partial charge in [0, 0.05) is 63.4 Å². The Labute approximate surface area is 265 Å². The Balaban J connectivity index is 1.15. The van der Waals surface area contributed by atoms with Gasteiger partial charge in [0.1, 0.15) is 22.9 Å². The highest BCUT2D eigenvalue weighted by molar-refractivity contribution is 5.83. The highest BCUT2D eigenvalue weighted by Gasteiger charge is 2.21. The van der Waals surface area contributed by atoms with E-state index in [-0.39, 0.29) is 41.1 Å². The molecule has 2 amide bonds. The number of aromatic nitrogens is 5. The number of anilines is 2. The minimum atomic E-state index is -0.675. The minimum absolute atomic E-state index is 0.0335. The van der Waals surface area contributed by atoms with Gasteiger partial charge in [0.2, 0.25) is 17.8 Å². The Kier molecular flexibility index (Phi) is 10.5. The van der Waals surface area contributed by atoms with Crippen molar-refractivity contribution in [3.63, 3.8) is 0 Å². The fourth-order valence-electron chi connectivity index (χ4n) is 5.76. The van der Waals surface area contributed by atoms with Crippen molar-refractivity contribution in [2.75, 3.05) is 31.5 Å². The molecule has 244 valence electrons. The molecule has 0 saturated carbocycles. The molecule has 46 heavy (non-hydrogen) atoms. The lowest BCUT2D eigenvalue weighted by atomic mass is 10.1. The predicted molar refractivity (Wildman–Crippen MR) is 168 cm³/mol. The molecule has 1 saturated heterocycles. The average Bonchev–Trinajstić information content (AvgIpc) is 3.39. The highest BCUT2D eigenvalue weighted by atomic mass is 19.1. The first-order valence-corrected chi connectivity index (χ1v) is 15.5. The number of benzene rings is 1. The van der Waals surface area contributed by atoms with Gasteiger partial charge in [0.15, 0.2) is 11.6 Å². The normalized spacial score (nSPS) is 13.8. The number of imidazole rings is 1. The van der Waals surface area contributed by atoms with Gasteiger partial charge in [0.25, 0.3) is 0 Å². The van der Waals surface area contributed by atoms with E-state index in [0.29, 0.717) is 56.1 Å². The third-order valence-electron chi connectivity index (χ3n) is 8.07. The van der Waals surface area contributed by atoms with E-state index in [1.54, 1.807) is 23.8 Å². The molecular weight excluding hydrogens is 596 g/mol. The van der Waals surface area contributed by atoms with Crippen molar-refractivity contribution in [3.05, 3.63) is 59.7 Å². The van der Waals surface area contributed by atoms with Gasteiger partial charge in [-0.3, -0.25) is 19.7 Å². The van der Waals surface area contributed by atoms with E-state index < -0.39 is 17.5 Å². The summed E-state index contributed by atoms with van der Waals surface area (Å²) in [5.74, 6) is -0.235. The van der Waals surface area contributed by atoms with Crippen molar-refractivity contribution < 1.29 is 23.6 Å². The lowest BCUT2D eigenvalue weighted by Crippen LogP contribution is -2.48. The first-order chi connectivity index (χ1) is 22.1. The molecule has 0 bridgehead atoms. The summed E-state index contributed by atoms with van der Waals surface area (Å²) in [6.45, 7) is 9.25. The molecule has 4 heterocycles. The second kappa shape index (κ2) is 14.7. The maximum atomic E-state index is 15.0. The zero-order valence-corrected chi connectivity index (χ0v) is 26.3. The molecular formula is C32H39F2N9O3. The van der Waals surface area contributed by atoms with Crippen molar-refractivity contribution in [2.24, 2.45) is 0 Å². The smallest absolute Gasteiger partial charge is 0.243 e. The Morgan fingerprint density at radius 3 is 2.41 bits per heavy atom. The number of hydrogen-bond donors (Lipinski definition) is 3. The van der Waals surface area contributed by atoms with Gasteiger partial charge in [-0.15, -0.1) is 0 Å². The van der Waals surface area contributed by atoms with E-state index in [0.717, 1.165) is 31.3 Å². The number of unbranched alkanes of at least 4 members (excludes halogenated alkanes) is 2. The minimum Gasteiger partial charge on any atom is -0.340 e. The number of piperazine rings is 1. The topological polar surface area (TPSA) is 141 Å². The van der Waals surface area contributed by atoms with Crippen molar-refractivity contribution in [3.8, 4) is 11.3 Å². The zero-order chi connectivity index (χ0) is 32.8. The fourth-order valence-corrected chi connectivity index (χ4v) is 5.76. The lowest BCUT2D eigenvalue weighted by Gasteiger charge is -2.34. The number of nitrogens with one attached hydrogen (secondary N) is 2. The third kappa shape index (κ3) is 7.80. The Morgan fingerprint density at radius 2 is 1.72 bits per heavy atom. The lowest BCUT2D eigenvalue weighted by molar-refractivity contribution is -0.133. The van der Waals surface area contributed by atoms with E-state index in [1.807, 2.05) is 36.3 Å². The van der Waals surface area contributed by atoms with Gasteiger partial charge >= 0.3 is 0 Å². The van der Waals surface area contributed by atoms with Gasteiger partial charge in [-0.25, -0.2) is 34.2 Å². The fraction of sp³-hybridized carbons (Fsp3) is 0.438. The molecule has 4 aromatic rings. The number of hydrogen-bond acceptors (Lipinski definition) is 9. The van der Waals surface area contributed by atoms with Crippen LogP contribution in [0.25, 0.3) is 22.3 Å². The van der Waals surface area contributed by atoms with Crippen LogP contribution >= 0.6 is 0 Å². The van der Waals surface area contributed by atoms with E-state index in [2.05, 4.69) is 30.2 Å². The molecule has 0 unspecified atom stereocenters. The molecule has 1 aliphatic rings. The third-order valence-corrected chi connectivity index (χ3v) is 8.07. The maximum absolute atomic E-state index is 15.0. The van der Waals surface area contributed by atoms with Crippen LogP contribution in [0.2, 0.25) is 0 Å². The molecule has 1 aliphatic heterocycles. The van der Waals surface area contributed by atoms with Crippen LogP contribution in [-0.4, -0.2) is 77.5 Å². The van der Waals surface area contributed by atoms with Gasteiger partial charge in [-0.2, -0.15) is 0 Å². The summed E-state index contributed by atoms with van der Waals surface area (Å²) in [5, 5.41) is 11.5. The largest absolute Gasteiger partial charge is 0.340 e. The zero-order valence-electron chi connectivity index (χ0n) is 26.3. The van der Waals surface area contributed by atoms with Gasteiger partial charge in [-0.05, 0) is 57.4 Å². The number of hydroxylamine groups is 1. The summed E-state index contributed by atoms with van der Waals surface area (Å²) in [5.41, 5.74) is 3.67. The summed E-state index contributed by atoms with van der Waals surface area (Å²) in [6, 6.07) is 6.70. The second-order valence-electron chi connectivity index (χ2n) is 11.8. The van der Waals surface area contributed by atoms with Crippen LogP contribution in [0.1, 0.15) is 63.4 Å². The maximum Gasteiger partial charge on any atom is 0.243 e. The Bertz CT molecular complexity index is 1690. The number of aryl methyl sites for hydroxylation is 1. The van der Waals surface area contributed by atoms with Crippen LogP contribution in [0, 0.1) is 18.6 Å². The van der Waals surface area contributed by atoms with Crippen LogP contribution in [0.15, 0.2) is 36.7 Å². The number of rotatable bonds is 12. The standard InChI is InChI=1S/C32H39F2N9O3/c1-20(2)43-21(3)37-31-24(33)15-23(16-26(31)43)30-25(34)18-36-32(39-30)38-27-10-9-22(17-35-27)19-41-11-13-42(14-12-41)29(45)8-6-4-5-7-28(44)40-46/h9-10,15-18,20,46H,4-8,11-14,19H2,1-3H3,(H,40,44)(H,35,36,38,39). The van der Waals surface area contributed by atoms with Gasteiger partial charge in [0.05, 0.1) is 11.7 Å². The number of carbonyl (C=O) groups excluding carboxylic acids is 2. The number of nitrogens with zero attached hydrogens (tertiary/aromatic N) is 7. The molecule has 3 N–H and O–H groups in total. The van der Waals surface area contributed by atoms with Crippen molar-refractivity contribution in [1.82, 2.24) is 39.8 Å². The van der Waals surface area contributed by atoms with E-state index in [9.17, 15) is 14.0 Å². The Morgan fingerprint density at radius 1 is 0.957 bits per heavy atom. The molecule has 1 aromatic carbocycles. The summed E-state index contributed by atoms with van der Waals surface area (Å²) < 4.78 is 31.8. The molecule has 3 aromatic heterocycles. The molecule has 0 atom stereocenters. The number of pyridine rings is 1. The summed E-state index contributed by atoms with van der Waals surface area (Å²) in [6.07, 6.45) is 5.61. The van der Waals surface area contributed by atoms with Crippen LogP contribution in [0.4, 0.5) is 20.5 Å². The molecule has 0 aliphatic carbocycles. The van der Waals surface area contributed by atoms with Gasteiger partial charge < -0.3 is 14.8 Å². The second-order valence-corrected chi connectivity index (χ2v) is 11.8. The van der Waals surface area contributed by atoms with Crippen LogP contribution in [-0.2, 0) is 16.1 Å². The Hall–Kier alpha value is -4.56. The van der Waals surface area contributed by atoms with Crippen molar-refractivity contribution in [1.29, 1.82) is 0 Å². The highest BCUT2D eigenvalue weighted by Crippen LogP contribution is 2.30. The molecule has 5 rings (SSSR count). The van der Waals surface area contributed by atoms with Crippen molar-refractivity contribution in [2.45, 2.75) is 65.5 Å². The monoisotopic (exact) mass is 635 g/mol. The molecule has 12 nitrogen and oxygen atoms in total. The van der Waals surface area contributed by atoms with E-state index in [1.165, 1.54) is 6.07 Å². The van der Waals surface area contributed by atoms with Crippen LogP contribution in [0.3, 0.4) is 0 Å². The first-order valence-electron chi connectivity index (χ1n) is 15.5. The number of amides is 2. The van der Waals surface area contributed by atoms with Crippen LogP contribution < -0.4 is 10.8 Å². The molecule has 0 radical (unpaired) electrons. The number of fused-ring (bicyclic) bond motifs is 1. The summed E-state index contributed by atoms with van der Waals surface area (Å²) in [4.78, 5) is 45.0. The number of carbonyl (C=O) groups is 2.